The molecule has 5 nitrogen and oxygen atoms in total. The molecule has 1 aliphatic rings. The number of anilines is 1. The van der Waals surface area contributed by atoms with Crippen LogP contribution in [-0.2, 0) is 4.79 Å². The Morgan fingerprint density at radius 1 is 1.22 bits per heavy atom. The molecular weight excluding hydrogens is 369 g/mol. The highest BCUT2D eigenvalue weighted by atomic mass is 35.5. The Morgan fingerprint density at radius 3 is 2.81 bits per heavy atom. The van der Waals surface area contributed by atoms with Crippen LogP contribution >= 0.6 is 11.6 Å². The predicted octanol–water partition coefficient (Wildman–Crippen LogP) is 4.67. The van der Waals surface area contributed by atoms with Gasteiger partial charge in [0.2, 0.25) is 17.6 Å². The van der Waals surface area contributed by atoms with Crippen molar-refractivity contribution in [2.45, 2.75) is 26.2 Å². The number of rotatable bonds is 3. The normalized spacial score (nSPS) is 17.0. The number of benzene rings is 2. The van der Waals surface area contributed by atoms with Crippen LogP contribution in [0.3, 0.4) is 0 Å². The van der Waals surface area contributed by atoms with E-state index in [9.17, 15) is 9.18 Å². The molecule has 0 spiro atoms. The Kier molecular flexibility index (Phi) is 4.44. The predicted molar refractivity (Wildman–Crippen MR) is 100 cm³/mol. The molecule has 138 valence electrons. The first-order valence-corrected chi connectivity index (χ1v) is 8.97. The third-order valence-electron chi connectivity index (χ3n) is 4.75. The number of aromatic nitrogens is 2. The lowest BCUT2D eigenvalue weighted by Crippen LogP contribution is -2.25. The van der Waals surface area contributed by atoms with E-state index in [0.717, 1.165) is 16.7 Å². The largest absolute Gasteiger partial charge is 0.339 e. The van der Waals surface area contributed by atoms with Crippen molar-refractivity contribution in [1.29, 1.82) is 0 Å². The van der Waals surface area contributed by atoms with Gasteiger partial charge in [0.1, 0.15) is 5.82 Å². The number of carbonyl (C=O) groups excluding carboxylic acids is 1. The molecule has 27 heavy (non-hydrogen) atoms. The Morgan fingerprint density at radius 2 is 2.04 bits per heavy atom. The average Bonchev–Trinajstić information content (AvgIpc) is 3.24. The van der Waals surface area contributed by atoms with E-state index < -0.39 is 5.82 Å². The van der Waals surface area contributed by atoms with Crippen molar-refractivity contribution in [2.24, 2.45) is 0 Å². The molecule has 0 saturated carbocycles. The first kappa shape index (κ1) is 17.7. The van der Waals surface area contributed by atoms with Crippen molar-refractivity contribution in [1.82, 2.24) is 10.1 Å². The van der Waals surface area contributed by atoms with E-state index in [0.29, 0.717) is 11.7 Å². The van der Waals surface area contributed by atoms with Crippen LogP contribution in [0.5, 0.6) is 0 Å². The molecule has 1 amide bonds. The first-order chi connectivity index (χ1) is 12.9. The quantitative estimate of drug-likeness (QED) is 0.657. The van der Waals surface area contributed by atoms with Crippen LogP contribution in [0.25, 0.3) is 11.4 Å². The van der Waals surface area contributed by atoms with Gasteiger partial charge in [-0.2, -0.15) is 4.98 Å². The maximum atomic E-state index is 14.2. The maximum absolute atomic E-state index is 14.2. The van der Waals surface area contributed by atoms with Gasteiger partial charge < -0.3 is 9.42 Å². The van der Waals surface area contributed by atoms with Gasteiger partial charge in [-0.25, -0.2) is 4.39 Å². The summed E-state index contributed by atoms with van der Waals surface area (Å²) >= 11 is 5.79. The fourth-order valence-corrected chi connectivity index (χ4v) is 3.45. The number of amides is 1. The molecule has 0 aliphatic carbocycles. The second-order valence-electron chi connectivity index (χ2n) is 6.78. The van der Waals surface area contributed by atoms with Gasteiger partial charge in [-0.05, 0) is 43.7 Å². The molecule has 0 bridgehead atoms. The van der Waals surface area contributed by atoms with Gasteiger partial charge >= 0.3 is 0 Å². The van der Waals surface area contributed by atoms with Crippen LogP contribution in [0.1, 0.15) is 29.4 Å². The van der Waals surface area contributed by atoms with Crippen molar-refractivity contribution in [3.63, 3.8) is 0 Å². The van der Waals surface area contributed by atoms with Crippen LogP contribution in [0.4, 0.5) is 10.1 Å². The number of hydrogen-bond acceptors (Lipinski definition) is 4. The average molecular weight is 386 g/mol. The highest BCUT2D eigenvalue weighted by molar-refractivity contribution is 6.30. The Hall–Kier alpha value is -2.73. The van der Waals surface area contributed by atoms with Gasteiger partial charge in [0.25, 0.3) is 0 Å². The second kappa shape index (κ2) is 6.78. The van der Waals surface area contributed by atoms with E-state index in [1.165, 1.54) is 17.0 Å². The van der Waals surface area contributed by atoms with Gasteiger partial charge in [-0.15, -0.1) is 0 Å². The van der Waals surface area contributed by atoms with E-state index in [1.807, 2.05) is 32.0 Å². The zero-order valence-electron chi connectivity index (χ0n) is 14.9. The lowest BCUT2D eigenvalue weighted by atomic mass is 10.1. The lowest BCUT2D eigenvalue weighted by Gasteiger charge is -2.16. The van der Waals surface area contributed by atoms with E-state index in [4.69, 9.17) is 16.1 Å². The molecule has 1 unspecified atom stereocenters. The molecule has 7 heteroatoms. The van der Waals surface area contributed by atoms with Crippen molar-refractivity contribution in [3.05, 3.63) is 64.3 Å². The topological polar surface area (TPSA) is 59.2 Å². The second-order valence-corrected chi connectivity index (χ2v) is 7.21. The fraction of sp³-hybridized carbons (Fsp3) is 0.250. The van der Waals surface area contributed by atoms with Crippen molar-refractivity contribution in [2.75, 3.05) is 11.4 Å². The third-order valence-corrected chi connectivity index (χ3v) is 4.99. The molecule has 1 aromatic heterocycles. The van der Waals surface area contributed by atoms with Gasteiger partial charge in [0, 0.05) is 23.6 Å². The standard InChI is InChI=1S/C20H17ClFN3O2/c1-11-3-4-12(2)15(7-11)19-23-20(27-24-19)13-8-18(26)25(10-13)17-6-5-14(21)9-16(17)22/h3-7,9,13H,8,10H2,1-2H3. The van der Waals surface area contributed by atoms with Gasteiger partial charge in [-0.3, -0.25) is 4.79 Å². The number of carbonyl (C=O) groups is 1. The molecule has 2 aromatic carbocycles. The summed E-state index contributed by atoms with van der Waals surface area (Å²) in [5.74, 6) is -0.115. The number of aryl methyl sites for hydroxylation is 2. The molecule has 2 heterocycles. The SMILES string of the molecule is Cc1ccc(C)c(-c2noc(C3CC(=O)N(c4ccc(Cl)cc4F)C3)n2)c1. The Bertz CT molecular complexity index is 1030. The van der Waals surface area contributed by atoms with E-state index in [1.54, 1.807) is 6.07 Å². The molecule has 1 fully saturated rings. The maximum Gasteiger partial charge on any atom is 0.232 e. The highest BCUT2D eigenvalue weighted by Crippen LogP contribution is 2.34. The van der Waals surface area contributed by atoms with Gasteiger partial charge in [0.05, 0.1) is 11.6 Å². The third kappa shape index (κ3) is 3.32. The molecule has 3 aromatic rings. The molecular formula is C20H17ClFN3O2. The minimum absolute atomic E-state index is 0.187. The summed E-state index contributed by atoms with van der Waals surface area (Å²) in [4.78, 5) is 18.3. The van der Waals surface area contributed by atoms with Crippen LogP contribution < -0.4 is 4.90 Å². The van der Waals surface area contributed by atoms with E-state index in [-0.39, 0.29) is 35.5 Å². The van der Waals surface area contributed by atoms with E-state index in [2.05, 4.69) is 10.1 Å². The minimum atomic E-state index is -0.530. The Balaban J connectivity index is 1.60. The molecule has 1 aliphatic heterocycles. The minimum Gasteiger partial charge on any atom is -0.339 e. The molecule has 4 rings (SSSR count). The molecule has 0 N–H and O–H groups in total. The number of nitrogens with zero attached hydrogens (tertiary/aromatic N) is 3. The zero-order valence-corrected chi connectivity index (χ0v) is 15.6. The lowest BCUT2D eigenvalue weighted by molar-refractivity contribution is -0.117. The van der Waals surface area contributed by atoms with Crippen molar-refractivity contribution < 1.29 is 13.7 Å². The summed E-state index contributed by atoms with van der Waals surface area (Å²) in [5, 5.41) is 4.36. The summed E-state index contributed by atoms with van der Waals surface area (Å²) in [7, 11) is 0. The van der Waals surface area contributed by atoms with Crippen LogP contribution in [-0.4, -0.2) is 22.6 Å². The summed E-state index contributed by atoms with van der Waals surface area (Å²) in [6, 6.07) is 10.3. The number of halogens is 2. The zero-order chi connectivity index (χ0) is 19.1. The van der Waals surface area contributed by atoms with Crippen molar-refractivity contribution in [3.8, 4) is 11.4 Å². The smallest absolute Gasteiger partial charge is 0.232 e. The van der Waals surface area contributed by atoms with E-state index >= 15 is 0 Å². The molecule has 0 radical (unpaired) electrons. The molecule has 1 atom stereocenters. The summed E-state index contributed by atoms with van der Waals surface area (Å²) < 4.78 is 19.6. The summed E-state index contributed by atoms with van der Waals surface area (Å²) in [6.07, 6.45) is 0.191. The first-order valence-electron chi connectivity index (χ1n) is 8.59. The van der Waals surface area contributed by atoms with Crippen molar-refractivity contribution >= 4 is 23.2 Å². The van der Waals surface area contributed by atoms with Crippen LogP contribution in [0.15, 0.2) is 40.9 Å². The fourth-order valence-electron chi connectivity index (χ4n) is 3.29. The van der Waals surface area contributed by atoms with Gasteiger partial charge in [0.15, 0.2) is 0 Å². The van der Waals surface area contributed by atoms with Crippen LogP contribution in [0.2, 0.25) is 5.02 Å². The Labute approximate surface area is 160 Å². The van der Waals surface area contributed by atoms with Crippen LogP contribution in [0, 0.1) is 19.7 Å². The molecule has 1 saturated heterocycles. The summed E-state index contributed by atoms with van der Waals surface area (Å²) in [5.41, 5.74) is 3.25. The monoisotopic (exact) mass is 385 g/mol. The highest BCUT2D eigenvalue weighted by Gasteiger charge is 2.36. The number of hydrogen-bond donors (Lipinski definition) is 0. The summed E-state index contributed by atoms with van der Waals surface area (Å²) in [6.45, 7) is 4.26. The van der Waals surface area contributed by atoms with Gasteiger partial charge in [-0.1, -0.05) is 34.5 Å².